The highest BCUT2D eigenvalue weighted by Gasteiger charge is 2.28. The Morgan fingerprint density at radius 1 is 0.544 bits per heavy atom. The van der Waals surface area contributed by atoms with E-state index in [1.165, 1.54) is 48.5 Å². The Hall–Kier alpha value is -6.72. The lowest BCUT2D eigenvalue weighted by Gasteiger charge is -2.19. The first-order chi connectivity index (χ1) is 32.3. The third-order valence-electron chi connectivity index (χ3n) is 9.54. The summed E-state index contributed by atoms with van der Waals surface area (Å²) in [6.07, 6.45) is 0. The lowest BCUT2D eigenvalue weighted by molar-refractivity contribution is -0.127. The highest BCUT2D eigenvalue weighted by atomic mass is 35.5. The van der Waals surface area contributed by atoms with E-state index in [1.807, 2.05) is 12.1 Å². The number of ketones is 2. The second kappa shape index (κ2) is 24.3. The van der Waals surface area contributed by atoms with Crippen LogP contribution in [0.4, 0.5) is 34.1 Å². The van der Waals surface area contributed by atoms with E-state index in [2.05, 4.69) is 41.7 Å². The van der Waals surface area contributed by atoms with E-state index < -0.39 is 47.3 Å². The minimum absolute atomic E-state index is 0.0407. The molecule has 0 heterocycles. The van der Waals surface area contributed by atoms with Gasteiger partial charge >= 0.3 is 0 Å². The van der Waals surface area contributed by atoms with Gasteiger partial charge in [0.25, 0.3) is 23.6 Å². The van der Waals surface area contributed by atoms with Crippen molar-refractivity contribution in [2.45, 2.75) is 64.4 Å². The van der Waals surface area contributed by atoms with Crippen LogP contribution in [0.3, 0.4) is 0 Å². The Bertz CT molecular complexity index is 2600. The third kappa shape index (κ3) is 14.6. The van der Waals surface area contributed by atoms with Crippen LogP contribution in [0.5, 0.6) is 11.5 Å². The molecule has 0 bridgehead atoms. The van der Waals surface area contributed by atoms with Gasteiger partial charge in [0.2, 0.25) is 12.1 Å². The van der Waals surface area contributed by atoms with Gasteiger partial charge in [0.1, 0.15) is 11.5 Å². The smallest absolute Gasteiger partial charge is 0.258 e. The fourth-order valence-corrected chi connectivity index (χ4v) is 6.98. The van der Waals surface area contributed by atoms with Crippen molar-refractivity contribution in [1.82, 2.24) is 0 Å². The number of carbonyl (C=O) groups is 6. The lowest BCUT2D eigenvalue weighted by Crippen LogP contribution is -2.32. The van der Waals surface area contributed by atoms with Crippen LogP contribution < -0.4 is 30.7 Å². The van der Waals surface area contributed by atoms with E-state index in [4.69, 9.17) is 55.9 Å². The summed E-state index contributed by atoms with van der Waals surface area (Å²) in [5, 5.41) is 26.7. The van der Waals surface area contributed by atoms with Crippen LogP contribution in [0.25, 0.3) is 0 Å². The molecule has 4 N–H and O–H groups in total. The number of amides is 4. The Morgan fingerprint density at radius 2 is 0.926 bits per heavy atom. The number of hydrogen-bond acceptors (Lipinski definition) is 12. The zero-order chi connectivity index (χ0) is 49.7. The van der Waals surface area contributed by atoms with Gasteiger partial charge in [0.15, 0.2) is 11.6 Å². The van der Waals surface area contributed by atoms with Crippen molar-refractivity contribution in [2.75, 3.05) is 34.5 Å². The topological polar surface area (TPSA) is 218 Å². The standard InChI is InChI=1S/C48H46Cl4N8O8/c1-7-67-41-23-40(56-48(66)44(28(6)62)60-58-38-20-32(16-34(52)22-38)46(64)54-36-14-10-12-30(18-36)26(4)50)42(68-8-2)24-39(41)55-47(65)43(27(5)61)59-57-37-19-31(15-33(51)21-37)45(63)53-35-13-9-11-29(17-35)25(3)49/h9-26,43-44H,7-8H2,1-6H3,(H,53,63)(H,54,64)(H,55,65)(H,56,66). The van der Waals surface area contributed by atoms with Crippen LogP contribution in [0.15, 0.2) is 118 Å². The Balaban J connectivity index is 1.34. The van der Waals surface area contributed by atoms with Gasteiger partial charge < -0.3 is 30.7 Å². The predicted molar refractivity (Wildman–Crippen MR) is 264 cm³/mol. The van der Waals surface area contributed by atoms with Crippen molar-refractivity contribution in [3.05, 3.63) is 129 Å². The fourth-order valence-electron chi connectivity index (χ4n) is 6.25. The van der Waals surface area contributed by atoms with E-state index in [9.17, 15) is 28.8 Å². The minimum Gasteiger partial charge on any atom is -0.492 e. The van der Waals surface area contributed by atoms with Crippen molar-refractivity contribution < 1.29 is 38.2 Å². The number of ether oxygens (including phenoxy) is 2. The molecular weight excluding hydrogens is 958 g/mol. The third-order valence-corrected chi connectivity index (χ3v) is 10.5. The second-order valence-electron chi connectivity index (χ2n) is 14.9. The van der Waals surface area contributed by atoms with Gasteiger partial charge in [-0.3, -0.25) is 28.8 Å². The zero-order valence-corrected chi connectivity index (χ0v) is 40.6. The molecule has 4 atom stereocenters. The molecule has 5 aromatic carbocycles. The molecule has 354 valence electrons. The molecule has 5 rings (SSSR count). The zero-order valence-electron chi connectivity index (χ0n) is 37.5. The number of halogens is 4. The van der Waals surface area contributed by atoms with Crippen molar-refractivity contribution in [1.29, 1.82) is 0 Å². The van der Waals surface area contributed by atoms with Crippen LogP contribution in [-0.4, -0.2) is 60.5 Å². The molecular formula is C48H46Cl4N8O8. The molecule has 68 heavy (non-hydrogen) atoms. The molecule has 0 saturated heterocycles. The quantitative estimate of drug-likeness (QED) is 0.0333. The van der Waals surface area contributed by atoms with Crippen LogP contribution in [0.1, 0.15) is 84.1 Å². The van der Waals surface area contributed by atoms with E-state index in [1.54, 1.807) is 64.1 Å². The van der Waals surface area contributed by atoms with Gasteiger partial charge in [-0.05, 0) is 113 Å². The molecule has 16 nitrogen and oxygen atoms in total. The van der Waals surface area contributed by atoms with Gasteiger partial charge in [-0.15, -0.1) is 23.2 Å². The average molecular weight is 1000 g/mol. The number of nitrogens with zero attached hydrogens (tertiary/aromatic N) is 4. The molecule has 4 amide bonds. The first-order valence-electron chi connectivity index (χ1n) is 21.0. The maximum absolute atomic E-state index is 13.7. The second-order valence-corrected chi connectivity index (χ2v) is 17.1. The number of Topliss-reactive ketones (excluding diaryl/α,β-unsaturated/α-hetero) is 2. The van der Waals surface area contributed by atoms with Crippen molar-refractivity contribution in [2.24, 2.45) is 20.5 Å². The van der Waals surface area contributed by atoms with E-state index >= 15 is 0 Å². The summed E-state index contributed by atoms with van der Waals surface area (Å²) < 4.78 is 11.6. The van der Waals surface area contributed by atoms with Gasteiger partial charge in [-0.2, -0.15) is 20.5 Å². The molecule has 5 aromatic rings. The summed E-state index contributed by atoms with van der Waals surface area (Å²) in [4.78, 5) is 79.3. The van der Waals surface area contributed by atoms with E-state index in [0.717, 1.165) is 25.0 Å². The van der Waals surface area contributed by atoms with E-state index in [-0.39, 0.29) is 79.4 Å². The number of anilines is 4. The Morgan fingerprint density at radius 3 is 1.26 bits per heavy atom. The molecule has 20 heteroatoms. The largest absolute Gasteiger partial charge is 0.492 e. The number of hydrogen-bond donors (Lipinski definition) is 4. The SMILES string of the molecule is CCOc1cc(NC(=O)C(N=Nc2cc(Cl)cc(C(=O)Nc3cccc(C(C)Cl)c3)c2)C(C)=O)c(OCC)cc1NC(=O)C(N=Nc1cc(Cl)cc(C(=O)Nc2cccc(C(C)Cl)c2)c1)C(C)=O. The molecule has 0 aliphatic heterocycles. The van der Waals surface area contributed by atoms with Gasteiger partial charge in [0, 0.05) is 44.7 Å². The Kier molecular flexibility index (Phi) is 18.7. The first-order valence-corrected chi connectivity index (χ1v) is 22.6. The lowest BCUT2D eigenvalue weighted by atomic mass is 10.1. The van der Waals surface area contributed by atoms with Crippen molar-refractivity contribution in [3.63, 3.8) is 0 Å². The number of carbonyl (C=O) groups excluding carboxylic acids is 6. The summed E-state index contributed by atoms with van der Waals surface area (Å²) in [7, 11) is 0. The molecule has 0 radical (unpaired) electrons. The van der Waals surface area contributed by atoms with E-state index in [0.29, 0.717) is 11.4 Å². The van der Waals surface area contributed by atoms with Gasteiger partial charge in [0.05, 0.1) is 46.7 Å². The monoisotopic (exact) mass is 1000 g/mol. The molecule has 0 saturated carbocycles. The predicted octanol–water partition coefficient (Wildman–Crippen LogP) is 12.3. The van der Waals surface area contributed by atoms with Crippen LogP contribution in [0, 0.1) is 0 Å². The number of benzene rings is 5. The summed E-state index contributed by atoms with van der Waals surface area (Å²) in [6, 6.07) is 21.9. The fraction of sp³-hybridized carbons (Fsp3) is 0.250. The molecule has 0 aliphatic rings. The molecule has 0 aliphatic carbocycles. The van der Waals surface area contributed by atoms with Gasteiger partial charge in [-0.25, -0.2) is 0 Å². The molecule has 4 unspecified atom stereocenters. The molecule has 0 spiro atoms. The maximum Gasteiger partial charge on any atom is 0.258 e. The van der Waals surface area contributed by atoms with Crippen molar-refractivity contribution in [3.8, 4) is 11.5 Å². The number of alkyl halides is 2. The number of nitrogens with one attached hydrogen (secondary N) is 4. The summed E-state index contributed by atoms with van der Waals surface area (Å²) in [6.45, 7) is 9.48. The maximum atomic E-state index is 13.7. The van der Waals surface area contributed by atoms with Crippen LogP contribution in [0.2, 0.25) is 10.0 Å². The first kappa shape index (κ1) is 52.3. The summed E-state index contributed by atoms with van der Waals surface area (Å²) in [5.41, 5.74) is 3.13. The number of azo groups is 2. The number of rotatable bonds is 20. The summed E-state index contributed by atoms with van der Waals surface area (Å²) >= 11 is 25.1. The summed E-state index contributed by atoms with van der Waals surface area (Å²) in [5.74, 6) is -4.06. The van der Waals surface area contributed by atoms with Crippen molar-refractivity contribution >= 4 is 116 Å². The van der Waals surface area contributed by atoms with Gasteiger partial charge in [-0.1, -0.05) is 47.5 Å². The average Bonchev–Trinajstić information content (AvgIpc) is 3.27. The Labute approximate surface area is 412 Å². The normalized spacial score (nSPS) is 13.0. The highest BCUT2D eigenvalue weighted by Crippen LogP contribution is 2.38. The highest BCUT2D eigenvalue weighted by molar-refractivity contribution is 6.32. The van der Waals surface area contributed by atoms with Crippen LogP contribution >= 0.6 is 46.4 Å². The molecule has 0 fully saturated rings. The van der Waals surface area contributed by atoms with Crippen LogP contribution in [-0.2, 0) is 19.2 Å². The minimum atomic E-state index is -1.67. The molecule has 0 aromatic heterocycles.